The second-order valence-corrected chi connectivity index (χ2v) is 2.46. The van der Waals surface area contributed by atoms with Gasteiger partial charge in [0.15, 0.2) is 0 Å². The first kappa shape index (κ1) is 7.57. The van der Waals surface area contributed by atoms with Gasteiger partial charge in [-0.2, -0.15) is 0 Å². The molecule has 44 valence electrons. The maximum Gasteiger partial charge on any atom is 0.573 e. The Bertz CT molecular complexity index is 37.3. The third-order valence-corrected chi connectivity index (χ3v) is 1.48. The van der Waals surface area contributed by atoms with E-state index in [2.05, 4.69) is 3.38 Å². The number of rotatable bonds is 2. The molecule has 0 aliphatic rings. The van der Waals surface area contributed by atoms with Gasteiger partial charge in [-0.25, -0.2) is 0 Å². The molecule has 0 fully saturated rings. The van der Waals surface area contributed by atoms with Crippen LogP contribution in [0.1, 0.15) is 0 Å². The lowest BCUT2D eigenvalue weighted by atomic mass is 15.8. The van der Waals surface area contributed by atoms with Crippen molar-refractivity contribution in [2.45, 2.75) is 0 Å². The maximum atomic E-state index is 9.26. The van der Waals surface area contributed by atoms with Crippen molar-refractivity contribution in [1.29, 1.82) is 0 Å². The van der Waals surface area contributed by atoms with Crippen LogP contribution in [0.5, 0.6) is 0 Å². The van der Waals surface area contributed by atoms with Gasteiger partial charge in [-0.3, -0.25) is 0 Å². The highest BCUT2D eigenvalue weighted by atomic mass is 80.0. The highest BCUT2D eigenvalue weighted by molar-refractivity contribution is 2.38. The van der Waals surface area contributed by atoms with Crippen molar-refractivity contribution < 1.29 is 46.7 Å². The first-order valence-electron chi connectivity index (χ1n) is 0.926. The maximum absolute atomic E-state index is 9.26. The molecule has 0 radical (unpaired) electrons. The standard InChI is InChI=1S/BrClO5/c3-1(4)7-2(5)6. The van der Waals surface area contributed by atoms with Crippen molar-refractivity contribution in [3.05, 3.63) is 0 Å². The summed E-state index contributed by atoms with van der Waals surface area (Å²) in [5, 5.41) is 0. The molecule has 5 nitrogen and oxygen atoms in total. The Hall–Kier alpha value is 0.570. The largest absolute Gasteiger partial charge is 0.573 e. The Labute approximate surface area is 47.4 Å². The van der Waals surface area contributed by atoms with Crippen molar-refractivity contribution in [2.75, 3.05) is 0 Å². The van der Waals surface area contributed by atoms with E-state index in [0.717, 1.165) is 0 Å². The molecule has 0 aromatic heterocycles. The van der Waals surface area contributed by atoms with E-state index in [-0.39, 0.29) is 0 Å². The zero-order valence-electron chi connectivity index (χ0n) is 2.80. The van der Waals surface area contributed by atoms with Crippen LogP contribution in [0.2, 0.25) is 0 Å². The fourth-order valence-electron chi connectivity index (χ4n) is 0.0389. The summed E-state index contributed by atoms with van der Waals surface area (Å²) in [6.07, 6.45) is 0. The molecule has 0 aliphatic heterocycles. The van der Waals surface area contributed by atoms with Crippen LogP contribution >= 0.6 is 0 Å². The van der Waals surface area contributed by atoms with Gasteiger partial charge >= 0.3 is 29.0 Å². The van der Waals surface area contributed by atoms with Crippen LogP contribution < -0.4 is 17.7 Å². The van der Waals surface area contributed by atoms with Crippen LogP contribution in [0, 0.1) is 25.6 Å². The lowest BCUT2D eigenvalue weighted by Crippen LogP contribution is -2.44. The van der Waals surface area contributed by atoms with Crippen molar-refractivity contribution in [3.63, 3.8) is 0 Å². The molecule has 0 aromatic carbocycles. The van der Waals surface area contributed by atoms with Gasteiger partial charge in [0.1, 0.15) is 0 Å². The van der Waals surface area contributed by atoms with E-state index >= 15 is 0 Å². The van der Waals surface area contributed by atoms with E-state index in [1.54, 1.807) is 0 Å². The van der Waals surface area contributed by atoms with E-state index in [9.17, 15) is 17.7 Å². The van der Waals surface area contributed by atoms with Gasteiger partial charge < -0.3 is 17.7 Å². The first-order valence-corrected chi connectivity index (χ1v) is 3.79. The summed E-state index contributed by atoms with van der Waals surface area (Å²) in [6, 6.07) is 0. The van der Waals surface area contributed by atoms with E-state index in [1.807, 2.05) is 0 Å². The van der Waals surface area contributed by atoms with Crippen molar-refractivity contribution >= 4 is 0 Å². The number of hydrogen-bond acceptors (Lipinski definition) is 5. The van der Waals surface area contributed by atoms with E-state index < -0.39 is 25.6 Å². The highest BCUT2D eigenvalue weighted by Crippen LogP contribution is 1.77. The van der Waals surface area contributed by atoms with E-state index in [1.165, 1.54) is 0 Å². The topological polar surface area (TPSA) is 101 Å². The van der Waals surface area contributed by atoms with Crippen LogP contribution in [0.4, 0.5) is 0 Å². The Balaban J connectivity index is 2.95. The molecule has 0 aromatic rings. The van der Waals surface area contributed by atoms with Crippen LogP contribution in [0.15, 0.2) is 0 Å². The molecular formula is BrClO5. The summed E-state index contributed by atoms with van der Waals surface area (Å²) < 4.78 is 40.0. The third-order valence-electron chi connectivity index (χ3n) is 0.0952. The predicted octanol–water partition coefficient (Wildman–Crippen LogP) is -4.82. The molecule has 0 atom stereocenters. The summed E-state index contributed by atoms with van der Waals surface area (Å²) in [6.45, 7) is 0. The second kappa shape index (κ2) is 3.56. The molecule has 0 saturated heterocycles. The summed E-state index contributed by atoms with van der Waals surface area (Å²) in [5.74, 6) is 0. The normalized spacial score (nSPS) is 11.1. The molecule has 0 saturated carbocycles. The molecule has 0 rings (SSSR count). The lowest BCUT2D eigenvalue weighted by Gasteiger charge is -1.80. The lowest BCUT2D eigenvalue weighted by molar-refractivity contribution is -1.80. The molecule has 0 amide bonds. The zero-order valence-corrected chi connectivity index (χ0v) is 5.14. The molecule has 7 heteroatoms. The molecule has 0 unspecified atom stereocenters. The average Bonchev–Trinajstić information content (AvgIpc) is 1.27. The minimum Gasteiger partial charge on any atom is -0.363 e. The quantitative estimate of drug-likeness (QED) is 0.440. The van der Waals surface area contributed by atoms with Crippen molar-refractivity contribution in [3.8, 4) is 0 Å². The average molecular weight is 195 g/mol. The molecule has 0 N–H and O–H groups in total. The Morgan fingerprint density at radius 1 is 1.29 bits per heavy atom. The minimum atomic E-state index is -3.58. The summed E-state index contributed by atoms with van der Waals surface area (Å²) in [5.41, 5.74) is 0. The van der Waals surface area contributed by atoms with Gasteiger partial charge in [-0.15, -0.1) is 0 Å². The Kier molecular flexibility index (Phi) is 3.85. The van der Waals surface area contributed by atoms with Gasteiger partial charge in [-0.05, 0) is 0 Å². The van der Waals surface area contributed by atoms with Gasteiger partial charge in [-0.1, -0.05) is 0 Å². The fraction of sp³-hybridized carbons (Fsp3) is 0. The number of hydrogen-bond donors (Lipinski definition) is 0. The van der Waals surface area contributed by atoms with Gasteiger partial charge in [0.25, 0.3) is 0 Å². The summed E-state index contributed by atoms with van der Waals surface area (Å²) >= 11 is -3.58. The smallest absolute Gasteiger partial charge is 0.363 e. The fourth-order valence-corrected chi connectivity index (χ4v) is 0.606. The van der Waals surface area contributed by atoms with E-state index in [0.29, 0.717) is 0 Å². The molecule has 0 heterocycles. The summed E-state index contributed by atoms with van der Waals surface area (Å²) in [7, 11) is -2.63. The third kappa shape index (κ3) is 6.57. The highest BCUT2D eigenvalue weighted by Gasteiger charge is 2.30. The van der Waals surface area contributed by atoms with Crippen LogP contribution in [0.3, 0.4) is 0 Å². The Morgan fingerprint density at radius 3 is 1.71 bits per heavy atom. The van der Waals surface area contributed by atoms with Gasteiger partial charge in [0.05, 0.1) is 0 Å². The molecule has 0 spiro atoms. The molecular weight excluding hydrogens is 195 g/mol. The van der Waals surface area contributed by atoms with Crippen molar-refractivity contribution in [1.82, 2.24) is 0 Å². The SMILES string of the molecule is [O-][Cl+2]([O-])O[Br+2]([O-])[O-]. The van der Waals surface area contributed by atoms with Crippen LogP contribution in [-0.4, -0.2) is 0 Å². The van der Waals surface area contributed by atoms with Crippen molar-refractivity contribution in [2.24, 2.45) is 0 Å². The van der Waals surface area contributed by atoms with Crippen LogP contribution in [0.25, 0.3) is 0 Å². The minimum absolute atomic E-state index is 2.63. The van der Waals surface area contributed by atoms with Gasteiger partial charge in [0, 0.05) is 0 Å². The summed E-state index contributed by atoms with van der Waals surface area (Å²) in [4.78, 5) is 0. The zero-order chi connectivity index (χ0) is 5.86. The Morgan fingerprint density at radius 2 is 1.71 bits per heavy atom. The van der Waals surface area contributed by atoms with Gasteiger partial charge in [0.2, 0.25) is 0 Å². The molecule has 0 bridgehead atoms. The number of halogens is 2. The second-order valence-electron chi connectivity index (χ2n) is 0.436. The first-order chi connectivity index (χ1) is 3.13. The van der Waals surface area contributed by atoms with Crippen LogP contribution in [-0.2, 0) is 3.38 Å². The molecule has 0 aliphatic carbocycles. The van der Waals surface area contributed by atoms with E-state index in [4.69, 9.17) is 0 Å². The molecule has 7 heavy (non-hydrogen) atoms. The monoisotopic (exact) mass is 194 g/mol. The predicted molar refractivity (Wildman–Crippen MR) is 1.08 cm³/mol.